The predicted molar refractivity (Wildman–Crippen MR) is 105 cm³/mol. The lowest BCUT2D eigenvalue weighted by Gasteiger charge is -2.10. The number of nitrogens with one attached hydrogen (secondary N) is 2. The van der Waals surface area contributed by atoms with Crippen LogP contribution in [0.5, 0.6) is 5.75 Å². The molecule has 4 aromatic rings. The SMILES string of the molecule is COc1ccccc1-c1ccc(=O)n(CC(=O)Nc2nc3ccccc3[nH]2)n1. The van der Waals surface area contributed by atoms with Crippen LogP contribution in [0.15, 0.2) is 65.5 Å². The van der Waals surface area contributed by atoms with Crippen LogP contribution in [-0.2, 0) is 11.3 Å². The number of amides is 1. The highest BCUT2D eigenvalue weighted by molar-refractivity contribution is 5.90. The third-order valence-corrected chi connectivity index (χ3v) is 4.19. The number of benzene rings is 2. The fourth-order valence-electron chi connectivity index (χ4n) is 2.88. The molecule has 140 valence electrons. The maximum absolute atomic E-state index is 12.4. The van der Waals surface area contributed by atoms with Gasteiger partial charge < -0.3 is 9.72 Å². The zero-order valence-electron chi connectivity index (χ0n) is 15.0. The standard InChI is InChI=1S/C20H17N5O3/c1-28-17-9-5-2-6-13(17)14-10-11-19(27)25(24-14)12-18(26)23-20-21-15-7-3-4-8-16(15)22-20/h2-11H,12H2,1H3,(H2,21,22,23,26). The van der Waals surface area contributed by atoms with Crippen molar-refractivity contribution in [1.29, 1.82) is 0 Å². The Morgan fingerprint density at radius 2 is 1.89 bits per heavy atom. The molecule has 1 amide bonds. The van der Waals surface area contributed by atoms with E-state index in [2.05, 4.69) is 20.4 Å². The van der Waals surface area contributed by atoms with Crippen LogP contribution in [0.25, 0.3) is 22.3 Å². The molecule has 0 unspecified atom stereocenters. The van der Waals surface area contributed by atoms with E-state index in [1.807, 2.05) is 42.5 Å². The second-order valence-electron chi connectivity index (χ2n) is 6.07. The number of hydrogen-bond donors (Lipinski definition) is 2. The molecule has 2 aromatic heterocycles. The van der Waals surface area contributed by atoms with E-state index in [0.29, 0.717) is 17.4 Å². The highest BCUT2D eigenvalue weighted by Crippen LogP contribution is 2.27. The van der Waals surface area contributed by atoms with Crippen LogP contribution in [-0.4, -0.2) is 32.8 Å². The third kappa shape index (κ3) is 3.48. The highest BCUT2D eigenvalue weighted by Gasteiger charge is 2.12. The number of anilines is 1. The first-order valence-electron chi connectivity index (χ1n) is 8.60. The van der Waals surface area contributed by atoms with Crippen LogP contribution in [0.1, 0.15) is 0 Å². The number of ether oxygens (including phenoxy) is 1. The molecule has 2 heterocycles. The van der Waals surface area contributed by atoms with Gasteiger partial charge in [0.05, 0.1) is 23.8 Å². The lowest BCUT2D eigenvalue weighted by molar-refractivity contribution is -0.117. The Morgan fingerprint density at radius 3 is 2.71 bits per heavy atom. The van der Waals surface area contributed by atoms with Crippen LogP contribution in [0.4, 0.5) is 5.95 Å². The molecule has 0 radical (unpaired) electrons. The largest absolute Gasteiger partial charge is 0.496 e. The summed E-state index contributed by atoms with van der Waals surface area (Å²) in [6.07, 6.45) is 0. The molecule has 0 aliphatic heterocycles. The second-order valence-corrected chi connectivity index (χ2v) is 6.07. The molecule has 4 rings (SSSR count). The first kappa shape index (κ1) is 17.5. The van der Waals surface area contributed by atoms with Crippen LogP contribution in [0.2, 0.25) is 0 Å². The summed E-state index contributed by atoms with van der Waals surface area (Å²) in [7, 11) is 1.57. The van der Waals surface area contributed by atoms with Crippen LogP contribution in [0.3, 0.4) is 0 Å². The summed E-state index contributed by atoms with van der Waals surface area (Å²) >= 11 is 0. The van der Waals surface area contributed by atoms with Crippen LogP contribution in [0, 0.1) is 0 Å². The van der Waals surface area contributed by atoms with Gasteiger partial charge in [-0.3, -0.25) is 14.9 Å². The molecule has 0 aliphatic carbocycles. The van der Waals surface area contributed by atoms with Gasteiger partial charge in [-0.15, -0.1) is 0 Å². The van der Waals surface area contributed by atoms with E-state index in [0.717, 1.165) is 21.3 Å². The summed E-state index contributed by atoms with van der Waals surface area (Å²) in [5, 5.41) is 6.97. The number of fused-ring (bicyclic) bond motifs is 1. The zero-order chi connectivity index (χ0) is 19.5. The van der Waals surface area contributed by atoms with Crippen molar-refractivity contribution in [2.75, 3.05) is 12.4 Å². The van der Waals surface area contributed by atoms with Crippen LogP contribution < -0.4 is 15.6 Å². The second kappa shape index (κ2) is 7.36. The minimum atomic E-state index is -0.411. The van der Waals surface area contributed by atoms with Gasteiger partial charge in [0.15, 0.2) is 0 Å². The van der Waals surface area contributed by atoms with Crippen molar-refractivity contribution >= 4 is 22.9 Å². The fraction of sp³-hybridized carbons (Fsp3) is 0.100. The van der Waals surface area contributed by atoms with E-state index in [1.54, 1.807) is 19.2 Å². The molecule has 0 bridgehead atoms. The molecule has 0 aliphatic rings. The Bertz CT molecular complexity index is 1180. The number of hydrogen-bond acceptors (Lipinski definition) is 5. The molecule has 0 spiro atoms. The lowest BCUT2D eigenvalue weighted by atomic mass is 10.1. The minimum absolute atomic E-state index is 0.237. The van der Waals surface area contributed by atoms with Gasteiger partial charge in [0, 0.05) is 11.6 Å². The van der Waals surface area contributed by atoms with Crippen molar-refractivity contribution in [3.63, 3.8) is 0 Å². The van der Waals surface area contributed by atoms with Gasteiger partial charge in [-0.05, 0) is 30.3 Å². The van der Waals surface area contributed by atoms with Gasteiger partial charge in [-0.1, -0.05) is 24.3 Å². The summed E-state index contributed by atoms with van der Waals surface area (Å²) in [6.45, 7) is -0.237. The third-order valence-electron chi connectivity index (χ3n) is 4.19. The normalized spacial score (nSPS) is 10.8. The number of rotatable bonds is 5. The smallest absolute Gasteiger partial charge is 0.267 e. The maximum atomic E-state index is 12.4. The Hall–Kier alpha value is -3.94. The monoisotopic (exact) mass is 375 g/mol. The molecule has 28 heavy (non-hydrogen) atoms. The van der Waals surface area contributed by atoms with Crippen molar-refractivity contribution in [3.8, 4) is 17.0 Å². The molecule has 0 fully saturated rings. The molecular formula is C20H17N5O3. The molecule has 0 atom stereocenters. The van der Waals surface area contributed by atoms with E-state index < -0.39 is 5.91 Å². The Kier molecular flexibility index (Phi) is 4.59. The molecule has 0 saturated heterocycles. The Balaban J connectivity index is 1.57. The van der Waals surface area contributed by atoms with Gasteiger partial charge in [0.2, 0.25) is 11.9 Å². The number of aromatic nitrogens is 4. The van der Waals surface area contributed by atoms with Crippen molar-refractivity contribution in [3.05, 3.63) is 71.0 Å². The first-order chi connectivity index (χ1) is 13.6. The number of imidazole rings is 1. The molecule has 2 aromatic carbocycles. The van der Waals surface area contributed by atoms with E-state index in [-0.39, 0.29) is 12.1 Å². The average Bonchev–Trinajstić information content (AvgIpc) is 3.11. The summed E-state index contributed by atoms with van der Waals surface area (Å²) in [5.74, 6) is 0.540. The number of nitrogens with zero attached hydrogens (tertiary/aromatic N) is 3. The molecule has 0 saturated carbocycles. The van der Waals surface area contributed by atoms with E-state index in [1.165, 1.54) is 6.07 Å². The van der Waals surface area contributed by atoms with E-state index in [4.69, 9.17) is 4.74 Å². The predicted octanol–water partition coefficient (Wildman–Crippen LogP) is 2.43. The fourth-order valence-corrected chi connectivity index (χ4v) is 2.88. The average molecular weight is 375 g/mol. The molecule has 8 nitrogen and oxygen atoms in total. The number of H-pyrrole nitrogens is 1. The van der Waals surface area contributed by atoms with Gasteiger partial charge in [-0.25, -0.2) is 9.67 Å². The Morgan fingerprint density at radius 1 is 1.11 bits per heavy atom. The van der Waals surface area contributed by atoms with Crippen molar-refractivity contribution in [2.45, 2.75) is 6.54 Å². The summed E-state index contributed by atoms with van der Waals surface area (Å²) < 4.78 is 6.45. The molecule has 2 N–H and O–H groups in total. The van der Waals surface area contributed by atoms with Crippen molar-refractivity contribution < 1.29 is 9.53 Å². The number of carbonyl (C=O) groups excluding carboxylic acids is 1. The van der Waals surface area contributed by atoms with Gasteiger partial charge in [0.1, 0.15) is 12.3 Å². The number of aromatic amines is 1. The number of para-hydroxylation sites is 3. The molecular weight excluding hydrogens is 358 g/mol. The van der Waals surface area contributed by atoms with Crippen LogP contribution >= 0.6 is 0 Å². The van der Waals surface area contributed by atoms with Gasteiger partial charge >= 0.3 is 0 Å². The first-order valence-corrected chi connectivity index (χ1v) is 8.60. The summed E-state index contributed by atoms with van der Waals surface area (Å²) in [4.78, 5) is 31.8. The summed E-state index contributed by atoms with van der Waals surface area (Å²) in [5.41, 5.74) is 2.45. The molecule has 8 heteroatoms. The topological polar surface area (TPSA) is 102 Å². The van der Waals surface area contributed by atoms with E-state index in [9.17, 15) is 9.59 Å². The zero-order valence-corrected chi connectivity index (χ0v) is 15.0. The minimum Gasteiger partial charge on any atom is -0.496 e. The highest BCUT2D eigenvalue weighted by atomic mass is 16.5. The van der Waals surface area contributed by atoms with Gasteiger partial charge in [0.25, 0.3) is 5.56 Å². The number of carbonyl (C=O) groups is 1. The lowest BCUT2D eigenvalue weighted by Crippen LogP contribution is -2.29. The maximum Gasteiger partial charge on any atom is 0.267 e. The van der Waals surface area contributed by atoms with Crippen molar-refractivity contribution in [2.24, 2.45) is 0 Å². The van der Waals surface area contributed by atoms with E-state index >= 15 is 0 Å². The quantitative estimate of drug-likeness (QED) is 0.558. The Labute approximate surface area is 159 Å². The van der Waals surface area contributed by atoms with Gasteiger partial charge in [-0.2, -0.15) is 5.10 Å². The summed E-state index contributed by atoms with van der Waals surface area (Å²) in [6, 6.07) is 17.8. The van der Waals surface area contributed by atoms with Crippen molar-refractivity contribution in [1.82, 2.24) is 19.7 Å². The number of methoxy groups -OCH3 is 1.